The standard InChI is InChI=1S/C13H18BrFN2/c1-8-5-12(15)11(14)7-13(8)17-10-4-2-3-9(16)6-10/h5,7,9-10,17H,2-4,6,16H2,1H3. The van der Waals surface area contributed by atoms with E-state index in [1.54, 1.807) is 6.07 Å². The average molecular weight is 301 g/mol. The molecular formula is C13H18BrFN2. The molecule has 17 heavy (non-hydrogen) atoms. The number of nitrogens with one attached hydrogen (secondary N) is 1. The molecule has 0 aliphatic heterocycles. The molecule has 0 spiro atoms. The zero-order chi connectivity index (χ0) is 12.4. The topological polar surface area (TPSA) is 38.0 Å². The number of halogens is 2. The minimum absolute atomic E-state index is 0.214. The molecule has 94 valence electrons. The van der Waals surface area contributed by atoms with E-state index in [1.165, 1.54) is 6.42 Å². The first kappa shape index (κ1) is 12.8. The number of hydrogen-bond acceptors (Lipinski definition) is 2. The summed E-state index contributed by atoms with van der Waals surface area (Å²) >= 11 is 3.22. The second-order valence-electron chi connectivity index (χ2n) is 4.85. The van der Waals surface area contributed by atoms with Crippen molar-refractivity contribution >= 4 is 21.6 Å². The molecule has 1 fully saturated rings. The van der Waals surface area contributed by atoms with Crippen LogP contribution < -0.4 is 11.1 Å². The van der Waals surface area contributed by atoms with Gasteiger partial charge in [0, 0.05) is 17.8 Å². The van der Waals surface area contributed by atoms with Crippen molar-refractivity contribution in [3.8, 4) is 0 Å². The van der Waals surface area contributed by atoms with E-state index in [4.69, 9.17) is 5.73 Å². The Bertz CT molecular complexity index is 409. The van der Waals surface area contributed by atoms with Crippen molar-refractivity contribution in [3.63, 3.8) is 0 Å². The number of benzene rings is 1. The van der Waals surface area contributed by atoms with Crippen molar-refractivity contribution in [2.24, 2.45) is 5.73 Å². The minimum atomic E-state index is -0.214. The lowest BCUT2D eigenvalue weighted by Crippen LogP contribution is -2.35. The third-order valence-corrected chi connectivity index (χ3v) is 3.95. The summed E-state index contributed by atoms with van der Waals surface area (Å²) in [6, 6.07) is 4.07. The summed E-state index contributed by atoms with van der Waals surface area (Å²) < 4.78 is 13.8. The van der Waals surface area contributed by atoms with Crippen molar-refractivity contribution < 1.29 is 4.39 Å². The van der Waals surface area contributed by atoms with Crippen molar-refractivity contribution in [3.05, 3.63) is 28.0 Å². The molecule has 0 aromatic heterocycles. The van der Waals surface area contributed by atoms with Gasteiger partial charge in [0.05, 0.1) is 4.47 Å². The van der Waals surface area contributed by atoms with E-state index in [0.29, 0.717) is 16.6 Å². The first-order valence-electron chi connectivity index (χ1n) is 6.04. The zero-order valence-corrected chi connectivity index (χ0v) is 11.6. The first-order valence-corrected chi connectivity index (χ1v) is 6.83. The quantitative estimate of drug-likeness (QED) is 0.876. The Kier molecular flexibility index (Phi) is 4.05. The molecule has 1 aromatic rings. The number of rotatable bonds is 2. The largest absolute Gasteiger partial charge is 0.382 e. The van der Waals surface area contributed by atoms with Crippen LogP contribution in [0.1, 0.15) is 31.2 Å². The van der Waals surface area contributed by atoms with Gasteiger partial charge in [0.2, 0.25) is 0 Å². The first-order chi connectivity index (χ1) is 8.06. The highest BCUT2D eigenvalue weighted by Gasteiger charge is 2.19. The van der Waals surface area contributed by atoms with Gasteiger partial charge in [-0.2, -0.15) is 0 Å². The van der Waals surface area contributed by atoms with Gasteiger partial charge in [-0.15, -0.1) is 0 Å². The summed E-state index contributed by atoms with van der Waals surface area (Å²) in [5.74, 6) is -0.214. The van der Waals surface area contributed by atoms with E-state index >= 15 is 0 Å². The van der Waals surface area contributed by atoms with Crippen molar-refractivity contribution in [1.82, 2.24) is 0 Å². The predicted octanol–water partition coefficient (Wildman–Crippen LogP) is 3.58. The Hall–Kier alpha value is -0.610. The van der Waals surface area contributed by atoms with E-state index < -0.39 is 0 Å². The number of hydrogen-bond donors (Lipinski definition) is 2. The van der Waals surface area contributed by atoms with Crippen molar-refractivity contribution in [1.29, 1.82) is 0 Å². The Morgan fingerprint density at radius 3 is 2.88 bits per heavy atom. The van der Waals surface area contributed by atoms with Gasteiger partial charge < -0.3 is 11.1 Å². The van der Waals surface area contributed by atoms with Crippen LogP contribution in [0, 0.1) is 12.7 Å². The predicted molar refractivity (Wildman–Crippen MR) is 72.7 cm³/mol. The maximum Gasteiger partial charge on any atom is 0.137 e. The van der Waals surface area contributed by atoms with E-state index in [0.717, 1.165) is 30.5 Å². The molecule has 1 aromatic carbocycles. The SMILES string of the molecule is Cc1cc(F)c(Br)cc1NC1CCCC(N)C1. The molecule has 0 amide bonds. The summed E-state index contributed by atoms with van der Waals surface area (Å²) in [7, 11) is 0. The monoisotopic (exact) mass is 300 g/mol. The molecule has 0 saturated heterocycles. The van der Waals surface area contributed by atoms with Gasteiger partial charge in [-0.25, -0.2) is 4.39 Å². The third-order valence-electron chi connectivity index (χ3n) is 3.34. The molecule has 2 unspecified atom stereocenters. The van der Waals surface area contributed by atoms with Crippen LogP contribution in [0.25, 0.3) is 0 Å². The van der Waals surface area contributed by atoms with Gasteiger partial charge in [-0.05, 0) is 66.2 Å². The van der Waals surface area contributed by atoms with Gasteiger partial charge in [-0.3, -0.25) is 0 Å². The summed E-state index contributed by atoms with van der Waals surface area (Å²) in [6.45, 7) is 1.92. The van der Waals surface area contributed by atoms with Crippen LogP contribution >= 0.6 is 15.9 Å². The molecule has 3 N–H and O–H groups in total. The normalized spacial score (nSPS) is 24.7. The molecule has 2 nitrogen and oxygen atoms in total. The maximum absolute atomic E-state index is 13.3. The highest BCUT2D eigenvalue weighted by molar-refractivity contribution is 9.10. The summed E-state index contributed by atoms with van der Waals surface area (Å²) in [4.78, 5) is 0. The van der Waals surface area contributed by atoms with E-state index in [2.05, 4.69) is 21.2 Å². The van der Waals surface area contributed by atoms with Gasteiger partial charge in [0.1, 0.15) is 5.82 Å². The minimum Gasteiger partial charge on any atom is -0.382 e. The van der Waals surface area contributed by atoms with Crippen LogP contribution in [-0.4, -0.2) is 12.1 Å². The maximum atomic E-state index is 13.3. The summed E-state index contributed by atoms with van der Waals surface area (Å²) in [5.41, 5.74) is 7.89. The second kappa shape index (κ2) is 5.36. The fourth-order valence-corrected chi connectivity index (χ4v) is 2.72. The Morgan fingerprint density at radius 2 is 2.18 bits per heavy atom. The van der Waals surface area contributed by atoms with Crippen LogP contribution in [0.5, 0.6) is 0 Å². The van der Waals surface area contributed by atoms with Crippen LogP contribution in [0.3, 0.4) is 0 Å². The third kappa shape index (κ3) is 3.19. The van der Waals surface area contributed by atoms with Crippen molar-refractivity contribution in [2.45, 2.75) is 44.7 Å². The Balaban J connectivity index is 2.10. The molecule has 2 rings (SSSR count). The highest BCUT2D eigenvalue weighted by atomic mass is 79.9. The van der Waals surface area contributed by atoms with Crippen LogP contribution in [-0.2, 0) is 0 Å². The van der Waals surface area contributed by atoms with Crippen LogP contribution in [0.2, 0.25) is 0 Å². The molecule has 2 atom stereocenters. The highest BCUT2D eigenvalue weighted by Crippen LogP contribution is 2.27. The number of anilines is 1. The lowest BCUT2D eigenvalue weighted by Gasteiger charge is -2.28. The smallest absolute Gasteiger partial charge is 0.137 e. The fourth-order valence-electron chi connectivity index (χ4n) is 2.38. The lowest BCUT2D eigenvalue weighted by atomic mass is 9.91. The van der Waals surface area contributed by atoms with Crippen LogP contribution in [0.15, 0.2) is 16.6 Å². The number of nitrogens with two attached hydrogens (primary N) is 1. The molecule has 4 heteroatoms. The molecular weight excluding hydrogens is 283 g/mol. The molecule has 0 heterocycles. The Labute approximate surface area is 110 Å². The van der Waals surface area contributed by atoms with Gasteiger partial charge >= 0.3 is 0 Å². The van der Waals surface area contributed by atoms with E-state index in [9.17, 15) is 4.39 Å². The lowest BCUT2D eigenvalue weighted by molar-refractivity contribution is 0.409. The molecule has 1 aliphatic carbocycles. The van der Waals surface area contributed by atoms with Crippen molar-refractivity contribution in [2.75, 3.05) is 5.32 Å². The van der Waals surface area contributed by atoms with Gasteiger partial charge in [0.25, 0.3) is 0 Å². The van der Waals surface area contributed by atoms with Crippen LogP contribution in [0.4, 0.5) is 10.1 Å². The zero-order valence-electron chi connectivity index (χ0n) is 9.97. The number of aryl methyl sites for hydroxylation is 1. The molecule has 0 bridgehead atoms. The second-order valence-corrected chi connectivity index (χ2v) is 5.70. The van der Waals surface area contributed by atoms with E-state index in [-0.39, 0.29) is 5.82 Å². The Morgan fingerprint density at radius 1 is 1.41 bits per heavy atom. The molecule has 1 saturated carbocycles. The summed E-state index contributed by atoms with van der Waals surface area (Å²) in [6.07, 6.45) is 4.42. The fraction of sp³-hybridized carbons (Fsp3) is 0.538. The van der Waals surface area contributed by atoms with Gasteiger partial charge in [0.15, 0.2) is 0 Å². The molecule has 1 aliphatic rings. The van der Waals surface area contributed by atoms with E-state index in [1.807, 2.05) is 13.0 Å². The average Bonchev–Trinajstić information content (AvgIpc) is 2.26. The van der Waals surface area contributed by atoms with Gasteiger partial charge in [-0.1, -0.05) is 0 Å². The molecule has 0 radical (unpaired) electrons. The summed E-state index contributed by atoms with van der Waals surface area (Å²) in [5, 5.41) is 3.47.